The number of nitrogens with zero attached hydrogens (tertiary/aromatic N) is 2. The molecule has 0 bridgehead atoms. The average molecular weight is 302 g/mol. The van der Waals surface area contributed by atoms with Crippen LogP contribution >= 0.6 is 0 Å². The molecule has 0 aliphatic heterocycles. The second kappa shape index (κ2) is 12.6. The summed E-state index contributed by atoms with van der Waals surface area (Å²) in [6.07, 6.45) is 4.98. The van der Waals surface area contributed by atoms with Crippen LogP contribution in [0.1, 0.15) is 44.9 Å². The number of carboxylic acids is 2. The van der Waals surface area contributed by atoms with Crippen molar-refractivity contribution in [2.45, 2.75) is 44.9 Å². The minimum atomic E-state index is -0.772. The second-order valence-electron chi connectivity index (χ2n) is 5.70. The predicted octanol–water partition coefficient (Wildman–Crippen LogP) is 1.75. The van der Waals surface area contributed by atoms with Crippen molar-refractivity contribution < 1.29 is 19.8 Å². The molecule has 0 aromatic heterocycles. The van der Waals surface area contributed by atoms with E-state index in [4.69, 9.17) is 10.2 Å². The van der Waals surface area contributed by atoms with Crippen LogP contribution in [0.25, 0.3) is 0 Å². The van der Waals surface area contributed by atoms with Gasteiger partial charge in [-0.25, -0.2) is 0 Å². The Morgan fingerprint density at radius 2 is 1.14 bits per heavy atom. The molecule has 0 aromatic carbocycles. The fraction of sp³-hybridized carbons (Fsp3) is 0.867. The van der Waals surface area contributed by atoms with Gasteiger partial charge in [0, 0.05) is 12.8 Å². The van der Waals surface area contributed by atoms with E-state index in [0.29, 0.717) is 12.8 Å². The molecule has 6 heteroatoms. The maximum atomic E-state index is 10.5. The Labute approximate surface area is 127 Å². The SMILES string of the molecule is CN(C)CCCCCN(CCCC(=O)O)CCCC(=O)O. The maximum absolute atomic E-state index is 10.5. The molecule has 0 aliphatic rings. The number of aliphatic carboxylic acids is 2. The highest BCUT2D eigenvalue weighted by Gasteiger charge is 2.07. The van der Waals surface area contributed by atoms with Gasteiger partial charge in [-0.15, -0.1) is 0 Å². The third kappa shape index (κ3) is 15.1. The zero-order valence-corrected chi connectivity index (χ0v) is 13.4. The quantitative estimate of drug-likeness (QED) is 0.476. The lowest BCUT2D eigenvalue weighted by molar-refractivity contribution is -0.138. The Morgan fingerprint density at radius 1 is 0.714 bits per heavy atom. The monoisotopic (exact) mass is 302 g/mol. The van der Waals surface area contributed by atoms with Crippen LogP contribution < -0.4 is 0 Å². The molecule has 2 N–H and O–H groups in total. The van der Waals surface area contributed by atoms with Crippen molar-refractivity contribution in [2.24, 2.45) is 0 Å². The van der Waals surface area contributed by atoms with E-state index in [1.807, 2.05) is 0 Å². The molecule has 21 heavy (non-hydrogen) atoms. The second-order valence-corrected chi connectivity index (χ2v) is 5.70. The van der Waals surface area contributed by atoms with Crippen LogP contribution in [0.15, 0.2) is 0 Å². The van der Waals surface area contributed by atoms with E-state index in [-0.39, 0.29) is 12.8 Å². The summed E-state index contributed by atoms with van der Waals surface area (Å²) in [5.74, 6) is -1.54. The van der Waals surface area contributed by atoms with Gasteiger partial charge in [-0.3, -0.25) is 9.59 Å². The first kappa shape index (κ1) is 19.9. The Hall–Kier alpha value is -1.14. The van der Waals surface area contributed by atoms with Gasteiger partial charge >= 0.3 is 11.9 Å². The summed E-state index contributed by atoms with van der Waals surface area (Å²) in [6, 6.07) is 0. The zero-order chi connectivity index (χ0) is 16.1. The van der Waals surface area contributed by atoms with E-state index in [2.05, 4.69) is 23.9 Å². The van der Waals surface area contributed by atoms with Crippen molar-refractivity contribution in [1.82, 2.24) is 9.80 Å². The molecule has 0 unspecified atom stereocenters. The molecule has 6 nitrogen and oxygen atoms in total. The molecule has 0 spiro atoms. The normalized spacial score (nSPS) is 11.2. The Kier molecular flexibility index (Phi) is 11.9. The fourth-order valence-electron chi connectivity index (χ4n) is 2.18. The summed E-state index contributed by atoms with van der Waals surface area (Å²) in [4.78, 5) is 25.5. The van der Waals surface area contributed by atoms with Gasteiger partial charge in [0.25, 0.3) is 0 Å². The van der Waals surface area contributed by atoms with E-state index in [1.54, 1.807) is 0 Å². The van der Waals surface area contributed by atoms with E-state index >= 15 is 0 Å². The van der Waals surface area contributed by atoms with Gasteiger partial charge < -0.3 is 20.0 Å². The highest BCUT2D eigenvalue weighted by atomic mass is 16.4. The molecule has 124 valence electrons. The molecule has 0 radical (unpaired) electrons. The summed E-state index contributed by atoms with van der Waals surface area (Å²) in [5, 5.41) is 17.3. The van der Waals surface area contributed by atoms with Gasteiger partial charge in [-0.2, -0.15) is 0 Å². The summed E-state index contributed by atoms with van der Waals surface area (Å²) < 4.78 is 0. The lowest BCUT2D eigenvalue weighted by Gasteiger charge is -2.22. The number of hydrogen-bond acceptors (Lipinski definition) is 4. The van der Waals surface area contributed by atoms with E-state index < -0.39 is 11.9 Å². The van der Waals surface area contributed by atoms with Crippen LogP contribution in [0.4, 0.5) is 0 Å². The van der Waals surface area contributed by atoms with Crippen LogP contribution in [-0.2, 0) is 9.59 Å². The van der Waals surface area contributed by atoms with Gasteiger partial charge in [0.2, 0.25) is 0 Å². The van der Waals surface area contributed by atoms with E-state index in [0.717, 1.165) is 45.4 Å². The lowest BCUT2D eigenvalue weighted by atomic mass is 10.2. The van der Waals surface area contributed by atoms with Crippen LogP contribution in [0.3, 0.4) is 0 Å². The number of carboxylic acid groups (broad SMARTS) is 2. The third-order valence-corrected chi connectivity index (χ3v) is 3.31. The predicted molar refractivity (Wildman–Crippen MR) is 82.6 cm³/mol. The number of hydrogen-bond donors (Lipinski definition) is 2. The first-order chi connectivity index (χ1) is 9.91. The van der Waals surface area contributed by atoms with Gasteiger partial charge in [0.05, 0.1) is 0 Å². The minimum absolute atomic E-state index is 0.177. The minimum Gasteiger partial charge on any atom is -0.481 e. The molecule has 0 rings (SSSR count). The summed E-state index contributed by atoms with van der Waals surface area (Å²) >= 11 is 0. The van der Waals surface area contributed by atoms with Crippen molar-refractivity contribution in [2.75, 3.05) is 40.3 Å². The summed E-state index contributed by atoms with van der Waals surface area (Å²) in [5.41, 5.74) is 0. The van der Waals surface area contributed by atoms with E-state index in [9.17, 15) is 9.59 Å². The Morgan fingerprint density at radius 3 is 1.57 bits per heavy atom. The molecule has 0 heterocycles. The molecule has 0 amide bonds. The topological polar surface area (TPSA) is 81.1 Å². The summed E-state index contributed by atoms with van der Waals surface area (Å²) in [7, 11) is 4.12. The largest absolute Gasteiger partial charge is 0.481 e. The third-order valence-electron chi connectivity index (χ3n) is 3.31. The van der Waals surface area contributed by atoms with Crippen LogP contribution in [-0.4, -0.2) is 72.2 Å². The standard InChI is InChI=1S/C15H30N2O4/c1-16(2)10-4-3-5-11-17(12-6-8-14(18)19)13-7-9-15(20)21/h3-13H2,1-2H3,(H,18,19)(H,20,21). The highest BCUT2D eigenvalue weighted by molar-refractivity contribution is 5.66. The molecular weight excluding hydrogens is 272 g/mol. The molecule has 0 fully saturated rings. The Balaban J connectivity index is 3.87. The lowest BCUT2D eigenvalue weighted by Crippen LogP contribution is -2.28. The van der Waals surface area contributed by atoms with E-state index in [1.165, 1.54) is 0 Å². The van der Waals surface area contributed by atoms with Crippen molar-refractivity contribution in [3.8, 4) is 0 Å². The molecule has 0 aliphatic carbocycles. The van der Waals surface area contributed by atoms with Crippen molar-refractivity contribution in [3.63, 3.8) is 0 Å². The summed E-state index contributed by atoms with van der Waals surface area (Å²) in [6.45, 7) is 3.48. The first-order valence-corrected chi connectivity index (χ1v) is 7.72. The Bertz CT molecular complexity index is 275. The van der Waals surface area contributed by atoms with Gasteiger partial charge in [-0.1, -0.05) is 6.42 Å². The highest BCUT2D eigenvalue weighted by Crippen LogP contribution is 2.04. The molecule has 0 saturated heterocycles. The number of carbonyl (C=O) groups is 2. The fourth-order valence-corrected chi connectivity index (χ4v) is 2.18. The molecule has 0 saturated carbocycles. The molecule has 0 atom stereocenters. The smallest absolute Gasteiger partial charge is 0.303 e. The van der Waals surface area contributed by atoms with Crippen molar-refractivity contribution in [3.05, 3.63) is 0 Å². The maximum Gasteiger partial charge on any atom is 0.303 e. The van der Waals surface area contributed by atoms with Crippen molar-refractivity contribution >= 4 is 11.9 Å². The van der Waals surface area contributed by atoms with Crippen molar-refractivity contribution in [1.29, 1.82) is 0 Å². The van der Waals surface area contributed by atoms with Crippen LogP contribution in [0.5, 0.6) is 0 Å². The van der Waals surface area contributed by atoms with Crippen LogP contribution in [0.2, 0.25) is 0 Å². The van der Waals surface area contributed by atoms with Gasteiger partial charge in [0.15, 0.2) is 0 Å². The van der Waals surface area contributed by atoms with Crippen LogP contribution in [0, 0.1) is 0 Å². The molecule has 0 aromatic rings. The van der Waals surface area contributed by atoms with Gasteiger partial charge in [0.1, 0.15) is 0 Å². The zero-order valence-electron chi connectivity index (χ0n) is 13.4. The van der Waals surface area contributed by atoms with Gasteiger partial charge in [-0.05, 0) is 66.0 Å². The number of rotatable bonds is 14. The first-order valence-electron chi connectivity index (χ1n) is 7.72. The average Bonchev–Trinajstić information content (AvgIpc) is 2.36. The molecular formula is C15H30N2O4. The number of unbranched alkanes of at least 4 members (excludes halogenated alkanes) is 2.